The molecule has 9 rings (SSSR count). The first kappa shape index (κ1) is 36.2. The average molecular weight is 818 g/mol. The first-order valence-corrected chi connectivity index (χ1v) is 19.8. The van der Waals surface area contributed by atoms with Gasteiger partial charge in [-0.25, -0.2) is 0 Å². The van der Waals surface area contributed by atoms with E-state index >= 15 is 4.79 Å². The van der Waals surface area contributed by atoms with Crippen LogP contribution in [0.2, 0.25) is 0 Å². The van der Waals surface area contributed by atoms with E-state index < -0.39 is 46.8 Å². The quantitative estimate of drug-likeness (QED) is 0.159. The number of aromatic hydroxyl groups is 1. The molecular weight excluding hydrogens is 776 g/mol. The molecule has 4 fully saturated rings. The fraction of sp³-hybridized carbons (Fsp3) is 0.318. The Kier molecular flexibility index (Phi) is 9.00. The van der Waals surface area contributed by atoms with Crippen molar-refractivity contribution in [3.63, 3.8) is 0 Å². The summed E-state index contributed by atoms with van der Waals surface area (Å²) in [6.07, 6.45) is 2.49. The second-order valence-corrected chi connectivity index (χ2v) is 16.1. The average Bonchev–Trinajstić information content (AvgIpc) is 3.61. The maximum atomic E-state index is 15.4. The van der Waals surface area contributed by atoms with Crippen LogP contribution >= 0.6 is 15.9 Å². The lowest BCUT2D eigenvalue weighted by Crippen LogP contribution is -2.53. The number of imide groups is 2. The molecule has 3 aliphatic heterocycles. The number of hydrazine groups is 1. The Morgan fingerprint density at radius 1 is 0.857 bits per heavy atom. The van der Waals surface area contributed by atoms with E-state index in [2.05, 4.69) is 26.3 Å². The van der Waals surface area contributed by atoms with Crippen molar-refractivity contribution in [1.82, 2.24) is 5.01 Å². The molecular formula is C44H41BrN4O7. The number of morpholine rings is 1. The summed E-state index contributed by atoms with van der Waals surface area (Å²) >= 11 is 3.52. The Morgan fingerprint density at radius 2 is 1.55 bits per heavy atom. The van der Waals surface area contributed by atoms with Crippen molar-refractivity contribution in [2.24, 2.45) is 23.7 Å². The zero-order chi connectivity index (χ0) is 38.9. The zero-order valence-corrected chi connectivity index (χ0v) is 32.6. The van der Waals surface area contributed by atoms with Crippen LogP contribution in [-0.4, -0.2) is 67.2 Å². The predicted octanol–water partition coefficient (Wildman–Crippen LogP) is 6.50. The van der Waals surface area contributed by atoms with Gasteiger partial charge < -0.3 is 19.5 Å². The SMILES string of the molecule is COc1cc([C@H]2C3=CC[C@@H]4C(=O)N(c5ccc(N6CCOCC6)cc5)C(=O)[C@@H]4[C@@H]3C[C@H]3C(=O)N(Nc4ccc(C)cc4)C(=O)[C@@]23c2ccccc2)cc(Br)c1O. The van der Waals surface area contributed by atoms with Gasteiger partial charge in [0.1, 0.15) is 0 Å². The van der Waals surface area contributed by atoms with Gasteiger partial charge in [-0.2, -0.15) is 5.01 Å². The van der Waals surface area contributed by atoms with Gasteiger partial charge in [0.2, 0.25) is 11.8 Å². The number of nitrogens with zero attached hydrogens (tertiary/aromatic N) is 3. The Bertz CT molecular complexity index is 2270. The largest absolute Gasteiger partial charge is 0.503 e. The molecule has 0 spiro atoms. The predicted molar refractivity (Wildman–Crippen MR) is 213 cm³/mol. The second kappa shape index (κ2) is 13.9. The minimum atomic E-state index is -1.45. The second-order valence-electron chi connectivity index (χ2n) is 15.3. The number of rotatable bonds is 7. The van der Waals surface area contributed by atoms with Crippen molar-refractivity contribution in [2.75, 3.05) is 48.6 Å². The number of ether oxygens (including phenoxy) is 2. The first-order chi connectivity index (χ1) is 27.1. The minimum Gasteiger partial charge on any atom is -0.503 e. The molecule has 2 aliphatic carbocycles. The topological polar surface area (TPSA) is 129 Å². The molecule has 6 atom stereocenters. The minimum absolute atomic E-state index is 0.102. The van der Waals surface area contributed by atoms with Crippen molar-refractivity contribution >= 4 is 56.6 Å². The summed E-state index contributed by atoms with van der Waals surface area (Å²) in [6, 6.07) is 27.8. The summed E-state index contributed by atoms with van der Waals surface area (Å²) in [4.78, 5) is 63.0. The van der Waals surface area contributed by atoms with Crippen LogP contribution in [0.3, 0.4) is 0 Å². The Labute approximate surface area is 333 Å². The van der Waals surface area contributed by atoms with Crippen LogP contribution < -0.4 is 20.0 Å². The number of amides is 4. The fourth-order valence-electron chi connectivity index (χ4n) is 9.93. The molecule has 0 aromatic heterocycles. The molecule has 0 radical (unpaired) electrons. The third-order valence-corrected chi connectivity index (χ3v) is 13.1. The number of nitrogens with one attached hydrogen (secondary N) is 1. The third kappa shape index (κ3) is 5.48. The summed E-state index contributed by atoms with van der Waals surface area (Å²) < 4.78 is 11.5. The summed E-state index contributed by atoms with van der Waals surface area (Å²) in [5.74, 6) is -4.93. The number of hydrogen-bond acceptors (Lipinski definition) is 9. The number of halogens is 1. The summed E-state index contributed by atoms with van der Waals surface area (Å²) in [7, 11) is 1.46. The van der Waals surface area contributed by atoms with Crippen LogP contribution in [0.4, 0.5) is 17.1 Å². The number of carbonyl (C=O) groups is 4. The summed E-state index contributed by atoms with van der Waals surface area (Å²) in [5, 5.41) is 12.1. The number of aryl methyl sites for hydroxylation is 1. The van der Waals surface area contributed by atoms with E-state index in [4.69, 9.17) is 9.47 Å². The molecule has 286 valence electrons. The van der Waals surface area contributed by atoms with Gasteiger partial charge in [0.15, 0.2) is 11.5 Å². The molecule has 56 heavy (non-hydrogen) atoms. The van der Waals surface area contributed by atoms with Crippen molar-refractivity contribution < 1.29 is 33.8 Å². The smallest absolute Gasteiger partial charge is 0.260 e. The number of carbonyl (C=O) groups excluding carboxylic acids is 4. The highest BCUT2D eigenvalue weighted by molar-refractivity contribution is 9.10. The molecule has 3 saturated heterocycles. The van der Waals surface area contributed by atoms with Crippen LogP contribution in [0.1, 0.15) is 35.4 Å². The number of methoxy groups -OCH3 is 1. The number of fused-ring (bicyclic) bond motifs is 4. The molecule has 4 aromatic rings. The lowest BCUT2D eigenvalue weighted by molar-refractivity contribution is -0.138. The maximum Gasteiger partial charge on any atom is 0.260 e. The number of hydrogen-bond donors (Lipinski definition) is 2. The Hall–Kier alpha value is -5.46. The molecule has 4 amide bonds. The Balaban J connectivity index is 1.18. The maximum absolute atomic E-state index is 15.4. The molecule has 5 aliphatic rings. The van der Waals surface area contributed by atoms with Crippen LogP contribution in [0, 0.1) is 30.6 Å². The zero-order valence-electron chi connectivity index (χ0n) is 31.0. The molecule has 12 heteroatoms. The van der Waals surface area contributed by atoms with Crippen molar-refractivity contribution in [1.29, 1.82) is 0 Å². The molecule has 3 heterocycles. The van der Waals surface area contributed by atoms with Gasteiger partial charge in [0.05, 0.1) is 59.3 Å². The van der Waals surface area contributed by atoms with E-state index in [1.165, 1.54) is 12.0 Å². The van der Waals surface area contributed by atoms with Crippen molar-refractivity contribution in [3.8, 4) is 11.5 Å². The number of benzene rings is 4. The van der Waals surface area contributed by atoms with Gasteiger partial charge in [0.25, 0.3) is 11.8 Å². The molecule has 4 aromatic carbocycles. The lowest BCUT2D eigenvalue weighted by atomic mass is 9.49. The van der Waals surface area contributed by atoms with E-state index in [0.29, 0.717) is 46.6 Å². The monoisotopic (exact) mass is 816 g/mol. The van der Waals surface area contributed by atoms with Gasteiger partial charge >= 0.3 is 0 Å². The summed E-state index contributed by atoms with van der Waals surface area (Å²) in [6.45, 7) is 4.76. The number of phenols is 1. The highest BCUT2D eigenvalue weighted by Gasteiger charge is 2.70. The highest BCUT2D eigenvalue weighted by Crippen LogP contribution is 2.64. The molecule has 0 bridgehead atoms. The van der Waals surface area contributed by atoms with E-state index in [1.54, 1.807) is 12.1 Å². The molecule has 0 unspecified atom stereocenters. The van der Waals surface area contributed by atoms with Crippen LogP contribution in [0.25, 0.3) is 0 Å². The fourth-order valence-corrected chi connectivity index (χ4v) is 10.4. The number of allylic oxidation sites excluding steroid dienone is 2. The van der Waals surface area contributed by atoms with Crippen LogP contribution in [0.15, 0.2) is 107 Å². The van der Waals surface area contributed by atoms with Gasteiger partial charge in [-0.15, -0.1) is 0 Å². The van der Waals surface area contributed by atoms with E-state index in [1.807, 2.05) is 91.9 Å². The molecule has 1 saturated carbocycles. The van der Waals surface area contributed by atoms with Crippen LogP contribution in [-0.2, 0) is 29.3 Å². The third-order valence-electron chi connectivity index (χ3n) is 12.5. The van der Waals surface area contributed by atoms with Gasteiger partial charge in [-0.1, -0.05) is 59.7 Å². The normalized spacial score (nSPS) is 27.2. The van der Waals surface area contributed by atoms with Crippen LogP contribution in [0.5, 0.6) is 11.5 Å². The molecule has 2 N–H and O–H groups in total. The van der Waals surface area contributed by atoms with Gasteiger partial charge in [-0.05, 0) is 101 Å². The van der Waals surface area contributed by atoms with Gasteiger partial charge in [0, 0.05) is 24.7 Å². The number of phenolic OH excluding ortho intramolecular Hbond substituents is 1. The Morgan fingerprint density at radius 3 is 2.25 bits per heavy atom. The van der Waals surface area contributed by atoms with Crippen molar-refractivity contribution in [3.05, 3.63) is 124 Å². The van der Waals surface area contributed by atoms with Gasteiger partial charge in [-0.3, -0.25) is 29.5 Å². The standard InChI is InChI=1S/C44H41BrN4O7/c1-25-8-10-28(11-9-25)46-49-41(52)34-24-33-31(38(26-22-35(45)39(50)36(23-26)55-2)44(34,43(49)54)27-6-4-3-5-7-27)16-17-32-37(33)42(53)48(40(32)51)30-14-12-29(13-15-30)47-18-20-56-21-19-47/h3-16,22-23,32-34,37-38,46,50H,17-21,24H2,1-2H3/t32-,33+,34-,37-,38-,44+/m0/s1. The first-order valence-electron chi connectivity index (χ1n) is 19.0. The molecule has 11 nitrogen and oxygen atoms in total. The van der Waals surface area contributed by atoms with Crippen molar-refractivity contribution in [2.45, 2.75) is 31.1 Å². The van der Waals surface area contributed by atoms with E-state index in [9.17, 15) is 19.5 Å². The van der Waals surface area contributed by atoms with E-state index in [-0.39, 0.29) is 29.7 Å². The highest BCUT2D eigenvalue weighted by atomic mass is 79.9. The summed E-state index contributed by atoms with van der Waals surface area (Å²) in [5.41, 5.74) is 6.88. The number of anilines is 3. The lowest BCUT2D eigenvalue weighted by Gasteiger charge is -2.50. The van der Waals surface area contributed by atoms with E-state index in [0.717, 1.165) is 34.9 Å².